The average molecular weight is 547 g/mol. The SMILES string of the molecule is c1ccc(C2=c3ccccc3=C(c3ccc4c(c3)-c3cccc5cccc(c35)O4)C3c4cccc5cccc(c45)C23)cc1. The van der Waals surface area contributed by atoms with E-state index in [0.29, 0.717) is 0 Å². The van der Waals surface area contributed by atoms with Crippen molar-refractivity contribution in [2.45, 2.75) is 11.8 Å². The Bertz CT molecular complexity index is 2420. The molecule has 0 aromatic heterocycles. The largest absolute Gasteiger partial charge is 0.456 e. The molecule has 1 heterocycles. The normalized spacial score (nSPS) is 17.4. The molecule has 0 saturated heterocycles. The molecule has 200 valence electrons. The molecule has 2 atom stereocenters. The minimum atomic E-state index is 0.205. The second-order valence-electron chi connectivity index (χ2n) is 12.0. The monoisotopic (exact) mass is 546 g/mol. The Labute approximate surface area is 249 Å². The maximum absolute atomic E-state index is 6.51. The van der Waals surface area contributed by atoms with Gasteiger partial charge in [0.05, 0.1) is 0 Å². The Balaban J connectivity index is 1.33. The molecule has 1 nitrogen and oxygen atoms in total. The fourth-order valence-electron chi connectivity index (χ4n) is 8.23. The van der Waals surface area contributed by atoms with Crippen molar-refractivity contribution in [2.24, 2.45) is 0 Å². The fraction of sp³-hybridized carbons (Fsp3) is 0.0476. The zero-order valence-corrected chi connectivity index (χ0v) is 23.4. The van der Waals surface area contributed by atoms with Crippen LogP contribution in [0.5, 0.6) is 11.5 Å². The first kappa shape index (κ1) is 23.2. The van der Waals surface area contributed by atoms with Gasteiger partial charge in [0, 0.05) is 22.8 Å². The van der Waals surface area contributed by atoms with Crippen LogP contribution in [0.1, 0.15) is 34.1 Å². The summed E-state index contributed by atoms with van der Waals surface area (Å²) in [7, 11) is 0. The van der Waals surface area contributed by atoms with Gasteiger partial charge in [-0.15, -0.1) is 0 Å². The second-order valence-corrected chi connectivity index (χ2v) is 12.0. The first-order chi connectivity index (χ1) is 21.3. The van der Waals surface area contributed by atoms with Crippen LogP contribution in [0.3, 0.4) is 0 Å². The smallest absolute Gasteiger partial charge is 0.135 e. The Morgan fingerprint density at radius 3 is 1.72 bits per heavy atom. The second kappa shape index (κ2) is 8.56. The summed E-state index contributed by atoms with van der Waals surface area (Å²) in [6.07, 6.45) is 0. The lowest BCUT2D eigenvalue weighted by Crippen LogP contribution is -2.38. The summed E-state index contributed by atoms with van der Waals surface area (Å²) in [6.45, 7) is 0. The molecule has 2 aliphatic carbocycles. The van der Waals surface area contributed by atoms with Gasteiger partial charge in [0.1, 0.15) is 11.5 Å². The standard InChI is InChI=1S/C42H26O/c1-2-10-27(11-3-1)39-29-16-4-5-17-30(29)40(42-33-20-8-13-25-12-7-19-32(37(25)33)41(39)42)28-22-23-35-34(24-28)31-18-6-14-26-15-9-21-36(43-35)38(26)31/h1-24,41-42H. The average Bonchev–Trinajstić information content (AvgIpc) is 3.39. The lowest BCUT2D eigenvalue weighted by molar-refractivity contribution is 0.487. The van der Waals surface area contributed by atoms with Gasteiger partial charge < -0.3 is 4.74 Å². The van der Waals surface area contributed by atoms with Crippen LogP contribution >= 0.6 is 0 Å². The van der Waals surface area contributed by atoms with E-state index in [-0.39, 0.29) is 11.8 Å². The van der Waals surface area contributed by atoms with Gasteiger partial charge in [-0.1, -0.05) is 127 Å². The third kappa shape index (κ3) is 3.12. The Morgan fingerprint density at radius 1 is 0.395 bits per heavy atom. The molecule has 0 radical (unpaired) electrons. The van der Waals surface area contributed by atoms with Crippen molar-refractivity contribution in [3.63, 3.8) is 0 Å². The van der Waals surface area contributed by atoms with E-state index < -0.39 is 0 Å². The summed E-state index contributed by atoms with van der Waals surface area (Å²) in [6, 6.07) is 53.6. The summed E-state index contributed by atoms with van der Waals surface area (Å²) < 4.78 is 6.51. The topological polar surface area (TPSA) is 9.23 Å². The summed E-state index contributed by atoms with van der Waals surface area (Å²) >= 11 is 0. The van der Waals surface area contributed by atoms with Crippen LogP contribution < -0.4 is 15.2 Å². The van der Waals surface area contributed by atoms with Crippen LogP contribution in [0.15, 0.2) is 146 Å². The zero-order valence-electron chi connectivity index (χ0n) is 23.4. The molecule has 0 N–H and O–H groups in total. The van der Waals surface area contributed by atoms with Gasteiger partial charge in [0.25, 0.3) is 0 Å². The number of benzene rings is 7. The molecule has 1 aliphatic heterocycles. The highest BCUT2D eigenvalue weighted by Crippen LogP contribution is 2.57. The summed E-state index contributed by atoms with van der Waals surface area (Å²) in [4.78, 5) is 0. The van der Waals surface area contributed by atoms with E-state index in [1.165, 1.54) is 70.9 Å². The Kier molecular flexibility index (Phi) is 4.62. The van der Waals surface area contributed by atoms with Crippen molar-refractivity contribution < 1.29 is 4.74 Å². The van der Waals surface area contributed by atoms with E-state index in [4.69, 9.17) is 4.74 Å². The molecule has 2 unspecified atom stereocenters. The molecule has 3 aliphatic rings. The lowest BCUT2D eigenvalue weighted by Gasteiger charge is -2.32. The zero-order chi connectivity index (χ0) is 28.1. The maximum atomic E-state index is 6.51. The van der Waals surface area contributed by atoms with E-state index in [1.54, 1.807) is 0 Å². The van der Waals surface area contributed by atoms with E-state index in [9.17, 15) is 0 Å². The first-order valence-electron chi connectivity index (χ1n) is 15.1. The van der Waals surface area contributed by atoms with Crippen LogP contribution in [0.2, 0.25) is 0 Å². The molecule has 7 aromatic carbocycles. The third-order valence-corrected chi connectivity index (χ3v) is 9.85. The minimum absolute atomic E-state index is 0.205. The number of rotatable bonds is 2. The highest BCUT2D eigenvalue weighted by molar-refractivity contribution is 6.05. The van der Waals surface area contributed by atoms with Gasteiger partial charge >= 0.3 is 0 Å². The molecule has 0 bridgehead atoms. The molecule has 1 heteroatoms. The van der Waals surface area contributed by atoms with Crippen LogP contribution in [-0.4, -0.2) is 0 Å². The van der Waals surface area contributed by atoms with Gasteiger partial charge in [-0.25, -0.2) is 0 Å². The molecule has 10 rings (SSSR count). The van der Waals surface area contributed by atoms with Crippen molar-refractivity contribution >= 4 is 32.7 Å². The van der Waals surface area contributed by atoms with E-state index in [1.807, 2.05) is 0 Å². The minimum Gasteiger partial charge on any atom is -0.456 e. The van der Waals surface area contributed by atoms with Crippen LogP contribution in [0.25, 0.3) is 43.8 Å². The van der Waals surface area contributed by atoms with Crippen molar-refractivity contribution in [2.75, 3.05) is 0 Å². The number of hydrogen-bond acceptors (Lipinski definition) is 1. The molecule has 0 spiro atoms. The van der Waals surface area contributed by atoms with Gasteiger partial charge in [-0.2, -0.15) is 0 Å². The van der Waals surface area contributed by atoms with Gasteiger partial charge in [-0.05, 0) is 83.8 Å². The van der Waals surface area contributed by atoms with Crippen LogP contribution in [-0.2, 0) is 0 Å². The summed E-state index contributed by atoms with van der Waals surface area (Å²) in [5.74, 6) is 2.29. The van der Waals surface area contributed by atoms with E-state index in [2.05, 4.69) is 146 Å². The van der Waals surface area contributed by atoms with Crippen LogP contribution in [0, 0.1) is 0 Å². The van der Waals surface area contributed by atoms with Crippen molar-refractivity contribution in [1.29, 1.82) is 0 Å². The predicted molar refractivity (Wildman–Crippen MR) is 176 cm³/mol. The first-order valence-corrected chi connectivity index (χ1v) is 15.1. The van der Waals surface area contributed by atoms with E-state index >= 15 is 0 Å². The molecule has 7 aromatic rings. The molecule has 0 fully saturated rings. The van der Waals surface area contributed by atoms with Crippen LogP contribution in [0.4, 0.5) is 0 Å². The number of ether oxygens (including phenoxy) is 1. The number of fused-ring (bicyclic) bond motifs is 6. The Hall–Kier alpha value is -5.40. The summed E-state index contributed by atoms with van der Waals surface area (Å²) in [5, 5.41) is 7.79. The third-order valence-electron chi connectivity index (χ3n) is 9.85. The van der Waals surface area contributed by atoms with Gasteiger partial charge in [0.2, 0.25) is 0 Å². The maximum Gasteiger partial charge on any atom is 0.135 e. The highest BCUT2D eigenvalue weighted by atomic mass is 16.5. The van der Waals surface area contributed by atoms with Gasteiger partial charge in [-0.3, -0.25) is 0 Å². The van der Waals surface area contributed by atoms with Crippen molar-refractivity contribution in [1.82, 2.24) is 0 Å². The van der Waals surface area contributed by atoms with Gasteiger partial charge in [0.15, 0.2) is 0 Å². The number of hydrogen-bond donors (Lipinski definition) is 0. The molecular formula is C42H26O. The highest BCUT2D eigenvalue weighted by Gasteiger charge is 2.42. The Morgan fingerprint density at radius 2 is 1.00 bits per heavy atom. The van der Waals surface area contributed by atoms with Crippen molar-refractivity contribution in [3.05, 3.63) is 178 Å². The molecule has 0 amide bonds. The quantitative estimate of drug-likeness (QED) is 0.210. The summed E-state index contributed by atoms with van der Waals surface area (Å²) in [5.41, 5.74) is 10.7. The predicted octanol–water partition coefficient (Wildman–Crippen LogP) is 9.06. The lowest BCUT2D eigenvalue weighted by atomic mass is 9.70. The molecule has 43 heavy (non-hydrogen) atoms. The molecular weight excluding hydrogens is 520 g/mol. The van der Waals surface area contributed by atoms with Crippen molar-refractivity contribution in [3.8, 4) is 22.6 Å². The van der Waals surface area contributed by atoms with E-state index in [0.717, 1.165) is 17.1 Å². The molecule has 0 saturated carbocycles. The fourth-order valence-corrected chi connectivity index (χ4v) is 8.23.